The molecule has 79 heavy (non-hydrogen) atoms. The highest BCUT2D eigenvalue weighted by Crippen LogP contribution is 2.28. The summed E-state index contributed by atoms with van der Waals surface area (Å²) in [6.07, 6.45) is 11.2. The molecule has 9 rings (SSSR count). The van der Waals surface area contributed by atoms with Crippen LogP contribution in [-0.4, -0.2) is 175 Å². The maximum Gasteiger partial charge on any atom is 0.248 e. The van der Waals surface area contributed by atoms with Gasteiger partial charge >= 0.3 is 0 Å². The third-order valence-electron chi connectivity index (χ3n) is 14.3. The summed E-state index contributed by atoms with van der Waals surface area (Å²) in [5.41, 5.74) is 18.3. The summed E-state index contributed by atoms with van der Waals surface area (Å²) in [4.78, 5) is 59.3. The number of nitrogens with one attached hydrogen (secondary N) is 3. The van der Waals surface area contributed by atoms with Gasteiger partial charge in [0.15, 0.2) is 0 Å². The van der Waals surface area contributed by atoms with Crippen molar-refractivity contribution in [1.82, 2.24) is 64.7 Å². The first-order chi connectivity index (χ1) is 38.4. The lowest BCUT2D eigenvalue weighted by atomic mass is 10.0. The molecule has 420 valence electrons. The molecular formula is C56H76N18O5. The molecule has 0 unspecified atom stereocenters. The molecule has 7 aromatic rings. The number of nitrogens with zero attached hydrogens (tertiary/aromatic N) is 13. The number of H-pyrrole nitrogens is 2. The number of carbonyl (C=O) groups is 2. The molecular weight excluding hydrogens is 1000 g/mol. The minimum atomic E-state index is -0.663. The number of terminal acetylenes is 1. The van der Waals surface area contributed by atoms with Crippen LogP contribution in [0.4, 0.5) is 17.8 Å². The summed E-state index contributed by atoms with van der Waals surface area (Å²) in [6.45, 7) is 14.8. The molecule has 7 heterocycles. The van der Waals surface area contributed by atoms with Gasteiger partial charge in [-0.2, -0.15) is 15.0 Å². The molecule has 2 amide bonds. The molecule has 4 atom stereocenters. The molecule has 5 aromatic heterocycles. The Kier molecular flexibility index (Phi) is 19.2. The Bertz CT molecular complexity index is 2860. The molecule has 23 heteroatoms. The van der Waals surface area contributed by atoms with Crippen molar-refractivity contribution in [3.8, 4) is 12.3 Å². The zero-order valence-corrected chi connectivity index (χ0v) is 45.9. The first-order valence-electron chi connectivity index (χ1n) is 27.6. The van der Waals surface area contributed by atoms with Crippen molar-refractivity contribution >= 4 is 51.5 Å². The van der Waals surface area contributed by atoms with Gasteiger partial charge in [-0.15, -0.1) is 16.6 Å². The number of nitrogens with two attached hydrogens (primary N) is 2. The van der Waals surface area contributed by atoms with Gasteiger partial charge in [-0.1, -0.05) is 80.4 Å². The van der Waals surface area contributed by atoms with Crippen molar-refractivity contribution in [1.29, 1.82) is 0 Å². The monoisotopic (exact) mass is 1080 g/mol. The van der Waals surface area contributed by atoms with Gasteiger partial charge < -0.3 is 60.6 Å². The fourth-order valence-electron chi connectivity index (χ4n) is 10.2. The maximum atomic E-state index is 14.7. The number of ether oxygens (including phenoxy) is 3. The normalized spacial score (nSPS) is 15.8. The zero-order valence-electron chi connectivity index (χ0n) is 45.9. The van der Waals surface area contributed by atoms with Crippen LogP contribution in [0.1, 0.15) is 87.5 Å². The number of rotatable bonds is 27. The third-order valence-corrected chi connectivity index (χ3v) is 14.3. The molecule has 0 radical (unpaired) electrons. The van der Waals surface area contributed by atoms with Crippen LogP contribution in [0.5, 0.6) is 0 Å². The van der Waals surface area contributed by atoms with Crippen LogP contribution in [0.2, 0.25) is 0 Å². The highest BCUT2D eigenvalue weighted by Gasteiger charge is 2.34. The zero-order chi connectivity index (χ0) is 55.3. The van der Waals surface area contributed by atoms with E-state index in [1.807, 2.05) is 58.6 Å². The topological polar surface area (TPSA) is 271 Å². The summed E-state index contributed by atoms with van der Waals surface area (Å²) in [5.74, 6) is 4.39. The Morgan fingerprint density at radius 3 is 1.52 bits per heavy atom. The summed E-state index contributed by atoms with van der Waals surface area (Å²) >= 11 is 0. The molecule has 0 spiro atoms. The standard InChI is InChI=1S/C56H76N18O5/c1-6-24-77-26-28-79-29-27-78-25-15-59-54-62-55(71-20-16-69(17-21-71)52(75)50(34-42-32-40-11-7-9-13-46(40)60-42)73-36-48(65-67-73)44(57)30-38(2)3)64-56(63-54)72-22-18-70(19-23-72)53(76)51(35-43-33-41-12-8-10-14-47(41)61-43)74-37-49(66-68-74)45(58)31-39(4)5/h1,7-14,32-33,36-39,44-45,50-51,60-61H,15-31,34-35,57-58H2,2-5H3,(H,59,62,63,64)/t44-,45-,50-,51+/m0/s1. The largest absolute Gasteiger partial charge is 0.377 e. The number of aromatic nitrogens is 11. The minimum Gasteiger partial charge on any atom is -0.377 e. The first-order valence-corrected chi connectivity index (χ1v) is 27.6. The molecule has 2 aliphatic rings. The second-order valence-corrected chi connectivity index (χ2v) is 21.2. The average molecular weight is 1080 g/mol. The predicted molar refractivity (Wildman–Crippen MR) is 302 cm³/mol. The molecule has 2 aliphatic heterocycles. The van der Waals surface area contributed by atoms with Gasteiger partial charge in [0.2, 0.25) is 29.7 Å². The summed E-state index contributed by atoms with van der Waals surface area (Å²) < 4.78 is 20.0. The fraction of sp³-hybridized carbons (Fsp3) is 0.518. The van der Waals surface area contributed by atoms with Crippen molar-refractivity contribution in [2.24, 2.45) is 23.3 Å². The van der Waals surface area contributed by atoms with Crippen LogP contribution in [-0.2, 0) is 36.6 Å². The molecule has 2 fully saturated rings. The van der Waals surface area contributed by atoms with E-state index in [1.165, 1.54) is 0 Å². The van der Waals surface area contributed by atoms with E-state index in [-0.39, 0.29) is 30.5 Å². The highest BCUT2D eigenvalue weighted by atomic mass is 16.5. The Balaban J connectivity index is 0.892. The number of para-hydroxylation sites is 2. The van der Waals surface area contributed by atoms with Gasteiger partial charge in [-0.25, -0.2) is 9.36 Å². The predicted octanol–water partition coefficient (Wildman–Crippen LogP) is 4.47. The number of benzene rings is 2. The number of piperazine rings is 2. The summed E-state index contributed by atoms with van der Waals surface area (Å²) in [5, 5.41) is 23.4. The van der Waals surface area contributed by atoms with E-state index in [2.05, 4.69) is 104 Å². The van der Waals surface area contributed by atoms with Crippen molar-refractivity contribution in [2.45, 2.75) is 77.5 Å². The second-order valence-electron chi connectivity index (χ2n) is 21.2. The van der Waals surface area contributed by atoms with Crippen LogP contribution in [0.3, 0.4) is 0 Å². The number of fused-ring (bicyclic) bond motifs is 2. The maximum absolute atomic E-state index is 14.7. The van der Waals surface area contributed by atoms with Gasteiger partial charge in [0.1, 0.15) is 18.7 Å². The number of aromatic amines is 2. The molecule has 0 bridgehead atoms. The lowest BCUT2D eigenvalue weighted by molar-refractivity contribution is -0.136. The smallest absolute Gasteiger partial charge is 0.248 e. The van der Waals surface area contributed by atoms with E-state index in [9.17, 15) is 9.59 Å². The molecule has 2 saturated heterocycles. The first kappa shape index (κ1) is 56.2. The van der Waals surface area contributed by atoms with Crippen LogP contribution in [0.25, 0.3) is 21.8 Å². The fourth-order valence-corrected chi connectivity index (χ4v) is 10.2. The van der Waals surface area contributed by atoms with Crippen LogP contribution < -0.4 is 26.6 Å². The van der Waals surface area contributed by atoms with Crippen molar-refractivity contribution in [3.63, 3.8) is 0 Å². The third kappa shape index (κ3) is 14.8. The van der Waals surface area contributed by atoms with E-state index in [4.69, 9.17) is 47.1 Å². The van der Waals surface area contributed by atoms with E-state index >= 15 is 0 Å². The van der Waals surface area contributed by atoms with Crippen LogP contribution in [0, 0.1) is 24.2 Å². The lowest BCUT2D eigenvalue weighted by Gasteiger charge is -2.38. The number of carbonyl (C=O) groups excluding carboxylic acids is 2. The van der Waals surface area contributed by atoms with Gasteiger partial charge in [0.05, 0.1) is 68.9 Å². The molecule has 0 saturated carbocycles. The molecule has 0 aliphatic carbocycles. The number of hydrogen-bond acceptors (Lipinski definition) is 17. The van der Waals surface area contributed by atoms with Crippen molar-refractivity contribution in [2.75, 3.05) is 114 Å². The van der Waals surface area contributed by atoms with Gasteiger partial charge in [-0.05, 0) is 59.7 Å². The van der Waals surface area contributed by atoms with E-state index < -0.39 is 12.1 Å². The van der Waals surface area contributed by atoms with Gasteiger partial charge in [-0.3, -0.25) is 9.59 Å². The summed E-state index contributed by atoms with van der Waals surface area (Å²) in [6, 6.07) is 18.4. The van der Waals surface area contributed by atoms with E-state index in [0.717, 1.165) is 46.0 Å². The van der Waals surface area contributed by atoms with Crippen molar-refractivity contribution in [3.05, 3.63) is 95.8 Å². The van der Waals surface area contributed by atoms with Gasteiger partial charge in [0.25, 0.3) is 0 Å². The Hall–Kier alpha value is -7.49. The van der Waals surface area contributed by atoms with Gasteiger partial charge in [0, 0.05) is 94.2 Å². The lowest BCUT2D eigenvalue weighted by Crippen LogP contribution is -2.52. The minimum absolute atomic E-state index is 0.0662. The van der Waals surface area contributed by atoms with E-state index in [0.29, 0.717) is 146 Å². The number of amides is 2. The SMILES string of the molecule is C#CCOCCOCCOCCNc1nc(N2CCN(C(=O)[C@@H](Cc3cc4ccccc4[nH]3)n3cc([C@@H](N)CC(C)C)nn3)CC2)nc(N2CCN(C(=O)[C@H](Cc3cc4ccccc4[nH]3)n3cc([C@@H](N)CC(C)C)nn3)CC2)n1. The second kappa shape index (κ2) is 26.9. The Labute approximate surface area is 461 Å². The Morgan fingerprint density at radius 2 is 1.08 bits per heavy atom. The van der Waals surface area contributed by atoms with Crippen LogP contribution >= 0.6 is 0 Å². The quantitative estimate of drug-likeness (QED) is 0.0351. The average Bonchev–Trinajstić information content (AvgIpc) is 4.33. The molecule has 23 nitrogen and oxygen atoms in total. The highest BCUT2D eigenvalue weighted by molar-refractivity contribution is 5.84. The van der Waals surface area contributed by atoms with Crippen LogP contribution in [0.15, 0.2) is 73.1 Å². The summed E-state index contributed by atoms with van der Waals surface area (Å²) in [7, 11) is 0. The number of anilines is 3. The molecule has 2 aromatic carbocycles. The van der Waals surface area contributed by atoms with E-state index in [1.54, 1.807) is 9.36 Å². The van der Waals surface area contributed by atoms with Crippen molar-refractivity contribution < 1.29 is 23.8 Å². The number of hydrogen-bond donors (Lipinski definition) is 5. The Morgan fingerprint density at radius 1 is 0.633 bits per heavy atom. The molecule has 7 N–H and O–H groups in total.